The molecule has 0 heterocycles. The molecule has 0 heteroatoms. The van der Waals surface area contributed by atoms with E-state index in [0.717, 1.165) is 6.42 Å². The highest BCUT2D eigenvalue weighted by Gasteiger charge is 1.97. The molecule has 0 N–H and O–H groups in total. The summed E-state index contributed by atoms with van der Waals surface area (Å²) in [5.74, 6) is 6.60. The maximum absolute atomic E-state index is 3.76. The van der Waals surface area contributed by atoms with Crippen molar-refractivity contribution in [3.8, 4) is 11.8 Å². The molecular formula is C10H16. The van der Waals surface area contributed by atoms with Gasteiger partial charge in [-0.1, -0.05) is 13.0 Å². The predicted molar refractivity (Wildman–Crippen MR) is 46.7 cm³/mol. The first kappa shape index (κ1) is 9.30. The third kappa shape index (κ3) is 4.21. The van der Waals surface area contributed by atoms with Crippen LogP contribution in [0.4, 0.5) is 0 Å². The van der Waals surface area contributed by atoms with Crippen molar-refractivity contribution in [2.75, 3.05) is 0 Å². The third-order valence-corrected chi connectivity index (χ3v) is 1.67. The van der Waals surface area contributed by atoms with Crippen molar-refractivity contribution in [2.24, 2.45) is 5.92 Å². The third-order valence-electron chi connectivity index (χ3n) is 1.67. The lowest BCUT2D eigenvalue weighted by Crippen LogP contribution is -1.91. The molecule has 56 valence electrons. The Morgan fingerprint density at radius 3 is 2.70 bits per heavy atom. The first-order chi connectivity index (χ1) is 4.85. The zero-order valence-corrected chi connectivity index (χ0v) is 6.98. The average molecular weight is 136 g/mol. The van der Waals surface area contributed by atoms with Crippen LogP contribution < -0.4 is 0 Å². The Kier molecular flexibility index (Phi) is 5.97. The Hall–Kier alpha value is -0.700. The van der Waals surface area contributed by atoms with Gasteiger partial charge in [0.2, 0.25) is 0 Å². The van der Waals surface area contributed by atoms with Crippen LogP contribution in [0.25, 0.3) is 0 Å². The van der Waals surface area contributed by atoms with Crippen LogP contribution in [0.2, 0.25) is 0 Å². The van der Waals surface area contributed by atoms with Crippen LogP contribution >= 0.6 is 0 Å². The van der Waals surface area contributed by atoms with E-state index >= 15 is 0 Å². The van der Waals surface area contributed by atoms with E-state index in [4.69, 9.17) is 0 Å². The lowest BCUT2D eigenvalue weighted by molar-refractivity contribution is 0.585. The largest absolute Gasteiger partial charge is 0.107 e. The van der Waals surface area contributed by atoms with Crippen molar-refractivity contribution in [2.45, 2.75) is 33.1 Å². The molecule has 0 aromatic rings. The Balaban J connectivity index is 3.40. The Morgan fingerprint density at radius 2 is 2.30 bits per heavy atom. The summed E-state index contributed by atoms with van der Waals surface area (Å²) < 4.78 is 0. The number of hydrogen-bond donors (Lipinski definition) is 0. The molecule has 0 amide bonds. The molecule has 10 heavy (non-hydrogen) atoms. The summed E-state index contributed by atoms with van der Waals surface area (Å²) in [6, 6.07) is 0. The Labute approximate surface area is 64.3 Å². The highest BCUT2D eigenvalue weighted by molar-refractivity contribution is 4.96. The smallest absolute Gasteiger partial charge is 0.00941 e. The topological polar surface area (TPSA) is 0 Å². The molecule has 1 atom stereocenters. The van der Waals surface area contributed by atoms with Crippen molar-refractivity contribution in [1.29, 1.82) is 0 Å². The van der Waals surface area contributed by atoms with Crippen molar-refractivity contribution >= 4 is 0 Å². The first-order valence-corrected chi connectivity index (χ1v) is 3.87. The second-order valence-corrected chi connectivity index (χ2v) is 2.37. The van der Waals surface area contributed by atoms with E-state index < -0.39 is 0 Å². The van der Waals surface area contributed by atoms with Gasteiger partial charge >= 0.3 is 0 Å². The van der Waals surface area contributed by atoms with E-state index in [9.17, 15) is 0 Å². The minimum atomic E-state index is 0.667. The summed E-state index contributed by atoms with van der Waals surface area (Å²) in [5.41, 5.74) is 0. The van der Waals surface area contributed by atoms with E-state index in [2.05, 4.69) is 25.3 Å². The molecule has 0 aromatic carbocycles. The summed E-state index contributed by atoms with van der Waals surface area (Å²) in [7, 11) is 0. The van der Waals surface area contributed by atoms with Crippen molar-refractivity contribution in [1.82, 2.24) is 0 Å². The van der Waals surface area contributed by atoms with Gasteiger partial charge in [0.05, 0.1) is 0 Å². The minimum Gasteiger partial charge on any atom is -0.107 e. The predicted octanol–water partition coefficient (Wildman–Crippen LogP) is 3.00. The van der Waals surface area contributed by atoms with Crippen LogP contribution in [-0.4, -0.2) is 0 Å². The zero-order chi connectivity index (χ0) is 7.82. The number of hydrogen-bond acceptors (Lipinski definition) is 0. The second kappa shape index (κ2) is 6.42. The van der Waals surface area contributed by atoms with Gasteiger partial charge in [0.25, 0.3) is 0 Å². The van der Waals surface area contributed by atoms with Gasteiger partial charge in [0, 0.05) is 6.42 Å². The van der Waals surface area contributed by atoms with Gasteiger partial charge in [-0.3, -0.25) is 0 Å². The molecule has 0 nitrogen and oxygen atoms in total. The molecule has 0 saturated heterocycles. The lowest BCUT2D eigenvalue weighted by Gasteiger charge is -2.04. The average Bonchev–Trinajstić information content (AvgIpc) is 1.99. The van der Waals surface area contributed by atoms with Crippen LogP contribution in [0, 0.1) is 17.8 Å². The van der Waals surface area contributed by atoms with E-state index in [-0.39, 0.29) is 0 Å². The summed E-state index contributed by atoms with van der Waals surface area (Å²) in [6.45, 7) is 7.83. The first-order valence-electron chi connectivity index (χ1n) is 3.87. The molecule has 0 rings (SSSR count). The molecule has 0 radical (unpaired) electrons. The van der Waals surface area contributed by atoms with Crippen LogP contribution in [-0.2, 0) is 0 Å². The van der Waals surface area contributed by atoms with E-state index in [1.165, 1.54) is 12.8 Å². The van der Waals surface area contributed by atoms with Crippen molar-refractivity contribution < 1.29 is 0 Å². The van der Waals surface area contributed by atoms with E-state index in [1.54, 1.807) is 0 Å². The second-order valence-electron chi connectivity index (χ2n) is 2.37. The SMILES string of the molecule is C=C[C@H](CC)CCC#CC. The molecule has 0 aliphatic rings. The maximum Gasteiger partial charge on any atom is 0.00941 e. The fourth-order valence-electron chi connectivity index (χ4n) is 0.871. The van der Waals surface area contributed by atoms with Gasteiger partial charge in [-0.25, -0.2) is 0 Å². The highest BCUT2D eigenvalue weighted by Crippen LogP contribution is 2.10. The standard InChI is InChI=1S/C10H16/c1-4-7-8-9-10(5-2)6-3/h5,10H,2,6,8-9H2,1,3H3/t10-/m1/s1. The van der Waals surface area contributed by atoms with E-state index in [0.29, 0.717) is 5.92 Å². The summed E-state index contributed by atoms with van der Waals surface area (Å²) in [4.78, 5) is 0. The molecule has 0 aliphatic heterocycles. The van der Waals surface area contributed by atoms with Crippen LogP contribution in [0.15, 0.2) is 12.7 Å². The minimum absolute atomic E-state index is 0.667. The quantitative estimate of drug-likeness (QED) is 0.411. The molecule has 0 spiro atoms. The van der Waals surface area contributed by atoms with Crippen LogP contribution in [0.3, 0.4) is 0 Å². The molecule has 0 saturated carbocycles. The summed E-state index contributed by atoms with van der Waals surface area (Å²) in [6.07, 6.45) is 5.40. The zero-order valence-electron chi connectivity index (χ0n) is 6.98. The number of rotatable bonds is 4. The monoisotopic (exact) mass is 136 g/mol. The molecule has 0 unspecified atom stereocenters. The molecular weight excluding hydrogens is 120 g/mol. The lowest BCUT2D eigenvalue weighted by atomic mass is 10.0. The Morgan fingerprint density at radius 1 is 1.60 bits per heavy atom. The molecule has 0 aliphatic carbocycles. The van der Waals surface area contributed by atoms with Gasteiger partial charge in [-0.05, 0) is 25.7 Å². The fourth-order valence-corrected chi connectivity index (χ4v) is 0.871. The Bertz CT molecular complexity index is 134. The van der Waals surface area contributed by atoms with Gasteiger partial charge in [-0.15, -0.1) is 18.4 Å². The van der Waals surface area contributed by atoms with Crippen molar-refractivity contribution in [3.05, 3.63) is 12.7 Å². The molecule has 0 fully saturated rings. The summed E-state index contributed by atoms with van der Waals surface area (Å²) >= 11 is 0. The molecule has 0 aromatic heterocycles. The molecule has 0 bridgehead atoms. The van der Waals surface area contributed by atoms with Gasteiger partial charge in [0.15, 0.2) is 0 Å². The van der Waals surface area contributed by atoms with Crippen LogP contribution in [0.1, 0.15) is 33.1 Å². The highest BCUT2D eigenvalue weighted by atomic mass is 14.0. The van der Waals surface area contributed by atoms with Gasteiger partial charge < -0.3 is 0 Å². The van der Waals surface area contributed by atoms with Crippen LogP contribution in [0.5, 0.6) is 0 Å². The summed E-state index contributed by atoms with van der Waals surface area (Å²) in [5, 5.41) is 0. The van der Waals surface area contributed by atoms with Gasteiger partial charge in [-0.2, -0.15) is 0 Å². The maximum atomic E-state index is 3.76. The van der Waals surface area contributed by atoms with E-state index in [1.807, 2.05) is 13.0 Å². The van der Waals surface area contributed by atoms with Crippen molar-refractivity contribution in [3.63, 3.8) is 0 Å². The van der Waals surface area contributed by atoms with Gasteiger partial charge in [0.1, 0.15) is 0 Å². The fraction of sp³-hybridized carbons (Fsp3) is 0.600. The number of allylic oxidation sites excluding steroid dienone is 1. The normalized spacial score (nSPS) is 11.4.